The molecule has 2 aliphatic rings. The summed E-state index contributed by atoms with van der Waals surface area (Å²) in [7, 11) is 0. The van der Waals surface area contributed by atoms with Gasteiger partial charge in [0, 0.05) is 44.4 Å². The molecule has 7 rings (SSSR count). The minimum atomic E-state index is -1.08. The molecule has 2 fully saturated rings. The number of amides is 4. The largest absolute Gasteiger partial charge is 0.508 e. The number of aromatic nitrogens is 3. The van der Waals surface area contributed by atoms with E-state index in [1.807, 2.05) is 131 Å². The van der Waals surface area contributed by atoms with Crippen LogP contribution in [0.25, 0.3) is 17.1 Å². The highest BCUT2D eigenvalue weighted by atomic mass is 16.6. The number of epoxide rings is 1. The summed E-state index contributed by atoms with van der Waals surface area (Å²) in [6.45, 7) is 16.0. The number of benzene rings is 4. The molecule has 0 spiro atoms. The lowest BCUT2D eigenvalue weighted by Gasteiger charge is -2.36. The summed E-state index contributed by atoms with van der Waals surface area (Å²) in [4.78, 5) is 74.5. The van der Waals surface area contributed by atoms with Crippen LogP contribution in [0.3, 0.4) is 0 Å². The maximum Gasteiger partial charge on any atom is 0.319 e. The second kappa shape index (κ2) is 24.8. The number of carbonyl (C=O) groups is 5. The molecule has 5 aromatic rings. The Kier molecular flexibility index (Phi) is 18.3. The smallest absolute Gasteiger partial charge is 0.319 e. The highest BCUT2D eigenvalue weighted by Crippen LogP contribution is 2.39. The predicted molar refractivity (Wildman–Crippen MR) is 285 cm³/mol. The van der Waals surface area contributed by atoms with Gasteiger partial charge in [-0.1, -0.05) is 107 Å². The summed E-state index contributed by atoms with van der Waals surface area (Å²) in [5.41, 5.74) is 3.20. The number of phenols is 2. The first-order valence-electron chi connectivity index (χ1n) is 26.0. The summed E-state index contributed by atoms with van der Waals surface area (Å²) in [5.74, 6) is -2.19. The van der Waals surface area contributed by atoms with E-state index in [1.54, 1.807) is 13.0 Å². The standard InChI is InChI=1S/C57H73N9O9/c1-35(2)28-45(51(70)57(7)34-75-57)59-55(73)47(30-39-16-12-9-13-17-39)61-54(72)46(29-36(3)4)60-53(71)44(23-18-38-14-10-8-11-15-38)58-50(69)33-64-24-26-65(27-25-64)40-19-21-41(22-20-40)66-52(62-63-56(66)74)43-31-42(37(5)6)48(67)32-49(43)68/h8-17,19-22,31-32,35-37,44-47,67-68H,18,23-30,33-34H2,1-7H3,(H,58,69)(H,59,73)(H,60,71)(H,61,72)(H,63,74). The number of hydrogen-bond acceptors (Lipinski definition) is 13. The number of rotatable bonds is 24. The molecule has 4 aromatic carbocycles. The summed E-state index contributed by atoms with van der Waals surface area (Å²) in [6.07, 6.45) is 1.52. The van der Waals surface area contributed by atoms with Gasteiger partial charge in [0.25, 0.3) is 0 Å². The fourth-order valence-electron chi connectivity index (χ4n) is 9.47. The van der Waals surface area contributed by atoms with E-state index in [9.17, 15) is 39.3 Å². The first-order valence-corrected chi connectivity index (χ1v) is 26.0. The van der Waals surface area contributed by atoms with E-state index in [4.69, 9.17) is 4.74 Å². The average Bonchev–Trinajstić information content (AvgIpc) is 4.02. The topological polar surface area (TPSA) is 244 Å². The van der Waals surface area contributed by atoms with Crippen molar-refractivity contribution in [2.45, 2.75) is 116 Å². The number of aryl methyl sites for hydroxylation is 1. The van der Waals surface area contributed by atoms with Gasteiger partial charge in [-0.15, -0.1) is 5.10 Å². The zero-order valence-electron chi connectivity index (χ0n) is 44.1. The lowest BCUT2D eigenvalue weighted by molar-refractivity contribution is -0.135. The molecule has 3 heterocycles. The molecule has 400 valence electrons. The van der Waals surface area contributed by atoms with Crippen molar-refractivity contribution in [1.29, 1.82) is 0 Å². The number of piperazine rings is 1. The van der Waals surface area contributed by atoms with Gasteiger partial charge in [-0.3, -0.25) is 28.9 Å². The Balaban J connectivity index is 1.000. The third-order valence-electron chi connectivity index (χ3n) is 13.8. The van der Waals surface area contributed by atoms with Crippen LogP contribution in [0.5, 0.6) is 17.5 Å². The molecule has 0 saturated carbocycles. The molecule has 4 amide bonds. The first-order chi connectivity index (χ1) is 35.8. The highest BCUT2D eigenvalue weighted by molar-refractivity contribution is 5.99. The van der Waals surface area contributed by atoms with Crippen molar-refractivity contribution in [2.24, 2.45) is 11.8 Å². The van der Waals surface area contributed by atoms with Gasteiger partial charge in [0.15, 0.2) is 11.6 Å². The number of phenolic OH excluding ortho intramolecular Hbond substituents is 2. The number of hydrogen-bond donors (Lipinski definition) is 7. The quantitative estimate of drug-likeness (QED) is 0.0375. The van der Waals surface area contributed by atoms with Gasteiger partial charge >= 0.3 is 6.01 Å². The Hall–Kier alpha value is -7.31. The van der Waals surface area contributed by atoms with Crippen molar-refractivity contribution in [3.8, 4) is 34.6 Å². The number of nitrogens with zero attached hydrogens (tertiary/aromatic N) is 5. The van der Waals surface area contributed by atoms with Crippen LogP contribution < -0.4 is 26.2 Å². The minimum absolute atomic E-state index is 0.0378. The summed E-state index contributed by atoms with van der Waals surface area (Å²) < 4.78 is 6.87. The number of anilines is 1. The average molecular weight is 1030 g/mol. The second-order valence-corrected chi connectivity index (χ2v) is 21.2. The van der Waals surface area contributed by atoms with E-state index in [-0.39, 0.29) is 85.2 Å². The van der Waals surface area contributed by atoms with Gasteiger partial charge in [-0.25, -0.2) is 4.57 Å². The second-order valence-electron chi connectivity index (χ2n) is 21.2. The normalized spacial score (nSPS) is 17.3. The molecule has 7 N–H and O–H groups in total. The number of nitrogens with one attached hydrogen (secondary N) is 4. The first kappa shape index (κ1) is 55.4. The molecule has 18 heteroatoms. The summed E-state index contributed by atoms with van der Waals surface area (Å²) >= 11 is 0. The van der Waals surface area contributed by atoms with Crippen molar-refractivity contribution in [1.82, 2.24) is 40.9 Å². The Bertz CT molecular complexity index is 2750. The molecule has 75 heavy (non-hydrogen) atoms. The third-order valence-corrected chi connectivity index (χ3v) is 13.8. The fourth-order valence-corrected chi connectivity index (χ4v) is 9.47. The lowest BCUT2D eigenvalue weighted by Crippen LogP contribution is -2.59. The van der Waals surface area contributed by atoms with Crippen molar-refractivity contribution in [2.75, 3.05) is 44.2 Å². The van der Waals surface area contributed by atoms with Crippen LogP contribution in [-0.4, -0.2) is 133 Å². The molecule has 2 aliphatic heterocycles. The molecule has 2 saturated heterocycles. The van der Waals surface area contributed by atoms with Crippen molar-refractivity contribution in [3.63, 3.8) is 0 Å². The number of ketones is 1. The number of carbonyl (C=O) groups excluding carboxylic acids is 5. The maximum atomic E-state index is 14.4. The van der Waals surface area contributed by atoms with Crippen LogP contribution in [0.2, 0.25) is 0 Å². The lowest BCUT2D eigenvalue weighted by atomic mass is 9.93. The molecule has 0 radical (unpaired) electrons. The van der Waals surface area contributed by atoms with Crippen molar-refractivity contribution >= 4 is 35.1 Å². The van der Waals surface area contributed by atoms with Crippen LogP contribution in [0.4, 0.5) is 5.69 Å². The fraction of sp³-hybridized carbons (Fsp3) is 0.456. The monoisotopic (exact) mass is 1030 g/mol. The molecular weight excluding hydrogens is 955 g/mol. The molecule has 0 bridgehead atoms. The Labute approximate surface area is 439 Å². The van der Waals surface area contributed by atoms with Crippen molar-refractivity contribution in [3.05, 3.63) is 114 Å². The molecule has 5 unspecified atom stereocenters. The number of ether oxygens (including phenoxy) is 1. The SMILES string of the molecule is CC(C)CC(NC(=O)C(CCc1ccccc1)NC(=O)CN1CCN(c2ccc(-n3c(O)nnc3-c3cc(C(C)C)c(O)cc3O)cc2)CC1)C(=O)NC(Cc1ccccc1)C(=O)NC(CC(C)C)C(=O)C1(C)CO1. The molecular formula is C57H73N9O9. The van der Waals surface area contributed by atoms with Crippen LogP contribution in [-0.2, 0) is 41.6 Å². The predicted octanol–water partition coefficient (Wildman–Crippen LogP) is 5.56. The zero-order valence-corrected chi connectivity index (χ0v) is 44.1. The van der Waals surface area contributed by atoms with Crippen LogP contribution in [0, 0.1) is 11.8 Å². The molecule has 0 aliphatic carbocycles. The van der Waals surface area contributed by atoms with Gasteiger partial charge in [-0.05, 0) is 97.4 Å². The highest BCUT2D eigenvalue weighted by Gasteiger charge is 2.50. The van der Waals surface area contributed by atoms with E-state index < -0.39 is 47.5 Å². The minimum Gasteiger partial charge on any atom is -0.508 e. The Morgan fingerprint density at radius 1 is 0.640 bits per heavy atom. The van der Waals surface area contributed by atoms with E-state index >= 15 is 0 Å². The van der Waals surface area contributed by atoms with Crippen molar-refractivity contribution < 1.29 is 44.0 Å². The van der Waals surface area contributed by atoms with E-state index in [0.717, 1.165) is 16.8 Å². The molecule has 5 atom stereocenters. The molecule has 1 aromatic heterocycles. The van der Waals surface area contributed by atoms with Gasteiger partial charge in [0.2, 0.25) is 23.6 Å². The Morgan fingerprint density at radius 2 is 1.19 bits per heavy atom. The summed E-state index contributed by atoms with van der Waals surface area (Å²) in [6, 6.07) is 25.0. The van der Waals surface area contributed by atoms with E-state index in [0.29, 0.717) is 55.8 Å². The van der Waals surface area contributed by atoms with Crippen LogP contribution in [0.1, 0.15) is 90.3 Å². The van der Waals surface area contributed by atoms with Crippen LogP contribution in [0.15, 0.2) is 97.1 Å². The number of Topliss-reactive ketones (excluding diaryl/α,β-unsaturated/α-hetero) is 1. The van der Waals surface area contributed by atoms with Gasteiger partial charge in [-0.2, -0.15) is 0 Å². The van der Waals surface area contributed by atoms with Gasteiger partial charge in [0.05, 0.1) is 30.4 Å². The molecule has 18 nitrogen and oxygen atoms in total. The van der Waals surface area contributed by atoms with Gasteiger partial charge in [0.1, 0.15) is 35.2 Å². The summed E-state index contributed by atoms with van der Waals surface area (Å²) in [5, 5.41) is 51.7. The van der Waals surface area contributed by atoms with Gasteiger partial charge < -0.3 is 46.2 Å². The van der Waals surface area contributed by atoms with E-state index in [2.05, 4.69) is 36.4 Å². The van der Waals surface area contributed by atoms with E-state index in [1.165, 1.54) is 10.6 Å². The maximum absolute atomic E-state index is 14.4. The zero-order chi connectivity index (χ0) is 54.0. The van der Waals surface area contributed by atoms with Crippen LogP contribution >= 0.6 is 0 Å². The number of aromatic hydroxyl groups is 3. The third kappa shape index (κ3) is 14.7. The Morgan fingerprint density at radius 3 is 1.79 bits per heavy atom.